The fourth-order valence-electron chi connectivity index (χ4n) is 0.568. The molecule has 2 heteroatoms. The predicted octanol–water partition coefficient (Wildman–Crippen LogP) is 3.05. The molecule has 0 aliphatic rings. The first-order chi connectivity index (χ1) is 5.33. The lowest BCUT2D eigenvalue weighted by Gasteiger charge is -1.86. The zero-order valence-electron chi connectivity index (χ0n) is 8.31. The van der Waals surface area contributed by atoms with Crippen LogP contribution in [0, 0.1) is 0 Å². The summed E-state index contributed by atoms with van der Waals surface area (Å²) in [5, 5.41) is 0. The van der Waals surface area contributed by atoms with Crippen molar-refractivity contribution in [1.82, 2.24) is 0 Å². The van der Waals surface area contributed by atoms with E-state index in [2.05, 4.69) is 31.7 Å². The lowest BCUT2D eigenvalue weighted by molar-refractivity contribution is 0.406. The van der Waals surface area contributed by atoms with Crippen molar-refractivity contribution in [2.45, 2.75) is 39.5 Å². The molecule has 0 aliphatic carbocycles. The summed E-state index contributed by atoms with van der Waals surface area (Å²) in [4.78, 5) is 0. The molecule has 0 spiro atoms. The molecule has 0 aromatic carbocycles. The predicted molar refractivity (Wildman–Crippen MR) is 54.9 cm³/mol. The van der Waals surface area contributed by atoms with E-state index in [4.69, 9.17) is 0 Å². The maximum atomic E-state index is 4.36. The first kappa shape index (κ1) is 17.4. The minimum Gasteiger partial charge on any atom is -0.474 e. The molecule has 0 radical (unpaired) electrons. The minimum absolute atomic E-state index is 0. The minimum atomic E-state index is 0. The van der Waals surface area contributed by atoms with E-state index >= 15 is 0 Å². The van der Waals surface area contributed by atoms with Crippen LogP contribution >= 0.6 is 0 Å². The third-order valence-electron chi connectivity index (χ3n) is 1.15. The highest BCUT2D eigenvalue weighted by Gasteiger charge is 1.75. The summed E-state index contributed by atoms with van der Waals surface area (Å²) >= 11 is 0. The lowest BCUT2D eigenvalue weighted by Crippen LogP contribution is -1.66. The Morgan fingerprint density at radius 3 is 1.42 bits per heavy atom. The van der Waals surface area contributed by atoms with Crippen molar-refractivity contribution in [1.29, 1.82) is 0 Å². The van der Waals surface area contributed by atoms with E-state index in [1.807, 2.05) is 0 Å². The fraction of sp³-hybridized carbons (Fsp3) is 0.600. The van der Waals surface area contributed by atoms with Crippen LogP contribution in [0.25, 0.3) is 0 Å². The molecular formula is C10H22O2. The smallest absolute Gasteiger partial charge is 0.0829 e. The monoisotopic (exact) mass is 174 g/mol. The normalized spacial score (nSPS) is 6.83. The van der Waals surface area contributed by atoms with Crippen LogP contribution in [0.3, 0.4) is 0 Å². The molecule has 0 unspecified atom stereocenters. The van der Waals surface area contributed by atoms with Crippen LogP contribution in [0.1, 0.15) is 39.5 Å². The van der Waals surface area contributed by atoms with Gasteiger partial charge >= 0.3 is 0 Å². The van der Waals surface area contributed by atoms with E-state index in [0.29, 0.717) is 0 Å². The largest absolute Gasteiger partial charge is 0.474 e. The fourth-order valence-corrected chi connectivity index (χ4v) is 0.568. The Morgan fingerprint density at radius 2 is 1.33 bits per heavy atom. The number of hydrogen-bond donors (Lipinski definition) is 0. The maximum Gasteiger partial charge on any atom is 0.0829 e. The summed E-state index contributed by atoms with van der Waals surface area (Å²) in [6.45, 7) is 11.0. The summed E-state index contributed by atoms with van der Waals surface area (Å²) in [7, 11) is 0. The van der Waals surface area contributed by atoms with Crippen LogP contribution in [-0.4, -0.2) is 5.48 Å². The first-order valence-electron chi connectivity index (χ1n) is 4.20. The molecule has 0 fully saturated rings. The highest BCUT2D eigenvalue weighted by atomic mass is 16.5. The average molecular weight is 174 g/mol. The molecule has 0 saturated carbocycles. The number of hydrogen-bond acceptors (Lipinski definition) is 1. The van der Waals surface area contributed by atoms with E-state index < -0.39 is 0 Å². The third-order valence-corrected chi connectivity index (χ3v) is 1.15. The van der Waals surface area contributed by atoms with E-state index in [0.717, 1.165) is 0 Å². The van der Waals surface area contributed by atoms with Gasteiger partial charge in [-0.2, -0.15) is 0 Å². The van der Waals surface area contributed by atoms with Crippen LogP contribution in [0.15, 0.2) is 25.7 Å². The van der Waals surface area contributed by atoms with Crippen molar-refractivity contribution < 1.29 is 10.2 Å². The molecule has 2 N–H and O–H groups in total. The van der Waals surface area contributed by atoms with Crippen LogP contribution in [-0.2, 0) is 4.74 Å². The van der Waals surface area contributed by atoms with Gasteiger partial charge in [0, 0.05) is 0 Å². The van der Waals surface area contributed by atoms with Crippen molar-refractivity contribution in [2.75, 3.05) is 0 Å². The lowest BCUT2D eigenvalue weighted by atomic mass is 10.2. The van der Waals surface area contributed by atoms with Crippen LogP contribution in [0.2, 0.25) is 0 Å². The molecule has 0 aromatic rings. The molecule has 0 amide bonds. The Morgan fingerprint density at radius 1 is 1.00 bits per heavy atom. The molecule has 0 bridgehead atoms. The summed E-state index contributed by atoms with van der Waals surface area (Å²) in [6, 6.07) is 0. The van der Waals surface area contributed by atoms with E-state index in [1.165, 1.54) is 38.2 Å². The van der Waals surface area contributed by atoms with Gasteiger partial charge in [-0.3, -0.25) is 0 Å². The van der Waals surface area contributed by atoms with Crippen molar-refractivity contribution in [3.63, 3.8) is 0 Å². The summed E-state index contributed by atoms with van der Waals surface area (Å²) in [5.41, 5.74) is 0. The third kappa shape index (κ3) is 34.9. The second-order valence-electron chi connectivity index (χ2n) is 2.18. The Hall–Kier alpha value is -0.760. The molecule has 2 nitrogen and oxygen atoms in total. The van der Waals surface area contributed by atoms with E-state index in [-0.39, 0.29) is 5.48 Å². The van der Waals surface area contributed by atoms with E-state index in [1.54, 1.807) is 0 Å². The van der Waals surface area contributed by atoms with Gasteiger partial charge in [-0.1, -0.05) is 52.7 Å². The summed E-state index contributed by atoms with van der Waals surface area (Å²) < 4.78 is 4.36. The second kappa shape index (κ2) is 22.5. The summed E-state index contributed by atoms with van der Waals surface area (Å²) in [6.07, 6.45) is 8.16. The topological polar surface area (TPSA) is 40.7 Å². The maximum absolute atomic E-state index is 4.36. The molecule has 0 atom stereocenters. The van der Waals surface area contributed by atoms with Gasteiger partial charge in [0.15, 0.2) is 0 Å². The van der Waals surface area contributed by atoms with Crippen LogP contribution in [0.4, 0.5) is 0 Å². The Balaban J connectivity index is -0.000000126. The van der Waals surface area contributed by atoms with Gasteiger partial charge < -0.3 is 10.2 Å². The molecule has 0 aliphatic heterocycles. The molecule has 0 heterocycles. The van der Waals surface area contributed by atoms with Gasteiger partial charge in [-0.15, -0.1) is 0 Å². The molecule has 0 rings (SSSR count). The second-order valence-corrected chi connectivity index (χ2v) is 2.18. The molecule has 0 saturated heterocycles. The van der Waals surface area contributed by atoms with E-state index in [9.17, 15) is 0 Å². The number of ether oxygens (including phenoxy) is 1. The quantitative estimate of drug-likeness (QED) is 0.466. The van der Waals surface area contributed by atoms with Crippen LogP contribution in [0.5, 0.6) is 0 Å². The number of unbranched alkanes of at least 4 members (excludes halogenated alkanes) is 3. The van der Waals surface area contributed by atoms with Crippen LogP contribution < -0.4 is 0 Å². The average Bonchev–Trinajstić information content (AvgIpc) is 2.04. The zero-order valence-corrected chi connectivity index (χ0v) is 8.31. The molecular weight excluding hydrogens is 152 g/mol. The molecule has 12 heavy (non-hydrogen) atoms. The highest BCUT2D eigenvalue weighted by molar-refractivity contribution is 4.57. The van der Waals surface area contributed by atoms with Crippen molar-refractivity contribution >= 4 is 0 Å². The zero-order chi connectivity index (χ0) is 8.95. The van der Waals surface area contributed by atoms with Crippen molar-refractivity contribution in [2.24, 2.45) is 0 Å². The number of rotatable bonds is 5. The van der Waals surface area contributed by atoms with Crippen molar-refractivity contribution in [3.8, 4) is 0 Å². The Bertz CT molecular complexity index is 69.9. The van der Waals surface area contributed by atoms with Crippen molar-refractivity contribution in [3.05, 3.63) is 25.7 Å². The highest BCUT2D eigenvalue weighted by Crippen LogP contribution is 1.95. The van der Waals surface area contributed by atoms with Gasteiger partial charge in [0.05, 0.1) is 12.5 Å². The summed E-state index contributed by atoms with van der Waals surface area (Å²) in [5.74, 6) is 0. The van der Waals surface area contributed by atoms with Gasteiger partial charge in [0.1, 0.15) is 0 Å². The van der Waals surface area contributed by atoms with Gasteiger partial charge in [-0.25, -0.2) is 0 Å². The van der Waals surface area contributed by atoms with Gasteiger partial charge in [0.2, 0.25) is 0 Å². The Kier molecular flexibility index (Phi) is 32.5. The standard InChI is InChI=1S/C6H14.C4H6O.H2O/c1-3-5-6-4-2;1-3-5-4-2;/h3-6H2,1-2H3;3-4H,1-2H2;1H2. The van der Waals surface area contributed by atoms with Gasteiger partial charge in [0.25, 0.3) is 0 Å². The van der Waals surface area contributed by atoms with Gasteiger partial charge in [-0.05, 0) is 0 Å². The first-order valence-corrected chi connectivity index (χ1v) is 4.20. The SMILES string of the molecule is C=COC=C.CCCCCC.O. The molecule has 0 aromatic heterocycles. The molecule has 74 valence electrons. The Labute approximate surface area is 76.2 Å².